The first kappa shape index (κ1) is 19.0. The zero-order valence-corrected chi connectivity index (χ0v) is 16.7. The summed E-state index contributed by atoms with van der Waals surface area (Å²) < 4.78 is 16.1. The molecule has 2 aromatic carbocycles. The first-order valence-electron chi connectivity index (χ1n) is 9.58. The largest absolute Gasteiger partial charge is 0.497 e. The van der Waals surface area contributed by atoms with Gasteiger partial charge in [-0.3, -0.25) is 4.79 Å². The lowest BCUT2D eigenvalue weighted by atomic mass is 10.1. The van der Waals surface area contributed by atoms with E-state index in [4.69, 9.17) is 14.0 Å². The van der Waals surface area contributed by atoms with Gasteiger partial charge in [0.05, 0.1) is 19.8 Å². The van der Waals surface area contributed by atoms with Gasteiger partial charge in [0, 0.05) is 30.6 Å². The van der Waals surface area contributed by atoms with Crippen molar-refractivity contribution in [1.29, 1.82) is 0 Å². The fourth-order valence-electron chi connectivity index (χ4n) is 3.53. The molecule has 7 nitrogen and oxygen atoms in total. The van der Waals surface area contributed by atoms with E-state index in [1.54, 1.807) is 25.2 Å². The van der Waals surface area contributed by atoms with E-state index in [1.165, 1.54) is 5.56 Å². The predicted molar refractivity (Wildman–Crippen MR) is 108 cm³/mol. The molecule has 0 bridgehead atoms. The van der Waals surface area contributed by atoms with Crippen LogP contribution >= 0.6 is 0 Å². The molecule has 1 aromatic heterocycles. The molecule has 0 N–H and O–H groups in total. The SMILES string of the molecule is CCc1ccc(N2CC(c3noc(-c4ccc(OC)cc4OC)n3)CC2=O)cc1. The Bertz CT molecular complexity index is 1010. The number of hydrogen-bond acceptors (Lipinski definition) is 6. The maximum Gasteiger partial charge on any atom is 0.261 e. The number of anilines is 1. The van der Waals surface area contributed by atoms with Gasteiger partial charge in [0.15, 0.2) is 5.82 Å². The van der Waals surface area contributed by atoms with Gasteiger partial charge in [-0.25, -0.2) is 0 Å². The summed E-state index contributed by atoms with van der Waals surface area (Å²) in [4.78, 5) is 18.9. The molecule has 1 aliphatic rings. The van der Waals surface area contributed by atoms with Crippen LogP contribution < -0.4 is 14.4 Å². The van der Waals surface area contributed by atoms with Gasteiger partial charge >= 0.3 is 0 Å². The van der Waals surface area contributed by atoms with Crippen LogP contribution in [0.1, 0.15) is 30.7 Å². The van der Waals surface area contributed by atoms with Crippen LogP contribution in [-0.2, 0) is 11.2 Å². The second-order valence-corrected chi connectivity index (χ2v) is 6.95. The highest BCUT2D eigenvalue weighted by molar-refractivity contribution is 5.96. The molecule has 1 saturated heterocycles. The van der Waals surface area contributed by atoms with E-state index < -0.39 is 0 Å². The third kappa shape index (κ3) is 3.68. The molecule has 3 aromatic rings. The maximum absolute atomic E-state index is 12.6. The Hall–Kier alpha value is -3.35. The predicted octanol–water partition coefficient (Wildman–Crippen LogP) is 3.84. The number of aromatic nitrogens is 2. The monoisotopic (exact) mass is 393 g/mol. The van der Waals surface area contributed by atoms with Gasteiger partial charge < -0.3 is 18.9 Å². The number of amides is 1. The fourth-order valence-corrected chi connectivity index (χ4v) is 3.53. The minimum absolute atomic E-state index is 0.0626. The number of nitrogens with zero attached hydrogens (tertiary/aromatic N) is 3. The number of carbonyl (C=O) groups is 1. The first-order valence-corrected chi connectivity index (χ1v) is 9.58. The summed E-state index contributed by atoms with van der Waals surface area (Å²) in [5, 5.41) is 4.13. The van der Waals surface area contributed by atoms with Crippen molar-refractivity contribution >= 4 is 11.6 Å². The summed E-state index contributed by atoms with van der Waals surface area (Å²) in [5.74, 6) is 2.09. The quantitative estimate of drug-likeness (QED) is 0.633. The second kappa shape index (κ2) is 7.95. The number of hydrogen-bond donors (Lipinski definition) is 0. The Labute approximate surface area is 169 Å². The topological polar surface area (TPSA) is 77.7 Å². The van der Waals surface area contributed by atoms with Gasteiger partial charge in [0.2, 0.25) is 5.91 Å². The molecule has 7 heteroatoms. The summed E-state index contributed by atoms with van der Waals surface area (Å²) >= 11 is 0. The molecule has 0 spiro atoms. The third-order valence-corrected chi connectivity index (χ3v) is 5.23. The highest BCUT2D eigenvalue weighted by Gasteiger charge is 2.34. The molecule has 1 fully saturated rings. The van der Waals surface area contributed by atoms with Crippen molar-refractivity contribution in [1.82, 2.24) is 10.1 Å². The summed E-state index contributed by atoms with van der Waals surface area (Å²) in [6.45, 7) is 2.64. The van der Waals surface area contributed by atoms with E-state index in [9.17, 15) is 4.79 Å². The summed E-state index contributed by atoms with van der Waals surface area (Å²) in [5.41, 5.74) is 2.83. The van der Waals surface area contributed by atoms with Crippen LogP contribution in [0.25, 0.3) is 11.5 Å². The van der Waals surface area contributed by atoms with E-state index in [1.807, 2.05) is 24.3 Å². The number of rotatable bonds is 6. The zero-order valence-electron chi connectivity index (χ0n) is 16.7. The molecular formula is C22H23N3O4. The Morgan fingerprint density at radius 3 is 2.62 bits per heavy atom. The molecule has 1 aliphatic heterocycles. The van der Waals surface area contributed by atoms with Gasteiger partial charge in [-0.2, -0.15) is 4.98 Å². The highest BCUT2D eigenvalue weighted by Crippen LogP contribution is 2.35. The Morgan fingerprint density at radius 2 is 1.93 bits per heavy atom. The van der Waals surface area contributed by atoms with Crippen LogP contribution in [0.5, 0.6) is 11.5 Å². The van der Waals surface area contributed by atoms with Crippen LogP contribution in [0, 0.1) is 0 Å². The van der Waals surface area contributed by atoms with Crippen molar-refractivity contribution in [3.05, 3.63) is 53.9 Å². The van der Waals surface area contributed by atoms with Gasteiger partial charge in [-0.1, -0.05) is 24.2 Å². The van der Waals surface area contributed by atoms with Gasteiger partial charge in [0.25, 0.3) is 5.89 Å². The minimum atomic E-state index is -0.116. The van der Waals surface area contributed by atoms with Crippen LogP contribution in [-0.4, -0.2) is 36.8 Å². The van der Waals surface area contributed by atoms with E-state index >= 15 is 0 Å². The van der Waals surface area contributed by atoms with E-state index in [0.717, 1.165) is 12.1 Å². The lowest BCUT2D eigenvalue weighted by Gasteiger charge is -2.16. The molecule has 1 amide bonds. The summed E-state index contributed by atoms with van der Waals surface area (Å²) in [6, 6.07) is 13.5. The fraction of sp³-hybridized carbons (Fsp3) is 0.318. The molecule has 150 valence electrons. The molecule has 0 radical (unpaired) electrons. The van der Waals surface area contributed by atoms with Crippen LogP contribution in [0.2, 0.25) is 0 Å². The Morgan fingerprint density at radius 1 is 1.14 bits per heavy atom. The van der Waals surface area contributed by atoms with Crippen molar-refractivity contribution in [2.45, 2.75) is 25.7 Å². The smallest absolute Gasteiger partial charge is 0.261 e. The summed E-state index contributed by atoms with van der Waals surface area (Å²) in [7, 11) is 3.17. The number of methoxy groups -OCH3 is 2. The van der Waals surface area contributed by atoms with Crippen LogP contribution in [0.4, 0.5) is 5.69 Å². The van der Waals surface area contributed by atoms with Crippen molar-refractivity contribution in [3.63, 3.8) is 0 Å². The van der Waals surface area contributed by atoms with E-state index in [0.29, 0.717) is 41.7 Å². The molecule has 4 rings (SSSR count). The molecule has 29 heavy (non-hydrogen) atoms. The molecule has 1 atom stereocenters. The molecule has 1 unspecified atom stereocenters. The third-order valence-electron chi connectivity index (χ3n) is 5.23. The normalized spacial score (nSPS) is 16.3. The van der Waals surface area contributed by atoms with Crippen LogP contribution in [0.15, 0.2) is 47.0 Å². The Balaban J connectivity index is 1.55. The minimum Gasteiger partial charge on any atom is -0.497 e. The highest BCUT2D eigenvalue weighted by atomic mass is 16.5. The van der Waals surface area contributed by atoms with Crippen molar-refractivity contribution in [2.24, 2.45) is 0 Å². The maximum atomic E-state index is 12.6. The first-order chi connectivity index (χ1) is 14.1. The van der Waals surface area contributed by atoms with Crippen LogP contribution in [0.3, 0.4) is 0 Å². The average molecular weight is 393 g/mol. The average Bonchev–Trinajstić information content (AvgIpc) is 3.40. The van der Waals surface area contributed by atoms with Crippen molar-refractivity contribution in [2.75, 3.05) is 25.7 Å². The lowest BCUT2D eigenvalue weighted by molar-refractivity contribution is -0.117. The standard InChI is InChI=1S/C22H23N3O4/c1-4-14-5-7-16(8-6-14)25-13-15(11-20(25)26)21-23-22(29-24-21)18-10-9-17(27-2)12-19(18)28-3/h5-10,12,15H,4,11,13H2,1-3H3. The van der Waals surface area contributed by atoms with E-state index in [-0.39, 0.29) is 11.8 Å². The van der Waals surface area contributed by atoms with Gasteiger partial charge in [-0.15, -0.1) is 0 Å². The number of carbonyl (C=O) groups excluding carboxylic acids is 1. The number of ether oxygens (including phenoxy) is 2. The van der Waals surface area contributed by atoms with Crippen molar-refractivity contribution in [3.8, 4) is 23.0 Å². The number of aryl methyl sites for hydroxylation is 1. The molecule has 2 heterocycles. The van der Waals surface area contributed by atoms with Crippen molar-refractivity contribution < 1.29 is 18.8 Å². The zero-order chi connectivity index (χ0) is 20.4. The lowest BCUT2D eigenvalue weighted by Crippen LogP contribution is -2.24. The second-order valence-electron chi connectivity index (χ2n) is 6.95. The van der Waals surface area contributed by atoms with Gasteiger partial charge in [0.1, 0.15) is 11.5 Å². The van der Waals surface area contributed by atoms with Gasteiger partial charge in [-0.05, 0) is 36.2 Å². The molecule has 0 saturated carbocycles. The Kier molecular flexibility index (Phi) is 5.20. The summed E-state index contributed by atoms with van der Waals surface area (Å²) in [6.07, 6.45) is 1.32. The molecule has 0 aliphatic carbocycles. The van der Waals surface area contributed by atoms with E-state index in [2.05, 4.69) is 29.2 Å². The number of benzene rings is 2. The molecular weight excluding hydrogens is 370 g/mol.